The van der Waals surface area contributed by atoms with Gasteiger partial charge in [0.25, 0.3) is 0 Å². The van der Waals surface area contributed by atoms with Gasteiger partial charge in [-0.1, -0.05) is 0 Å². The van der Waals surface area contributed by atoms with Gasteiger partial charge in [0.05, 0.1) is 18.8 Å². The molecule has 120 valence electrons. The average molecular weight is 316 g/mol. The predicted octanol–water partition coefficient (Wildman–Crippen LogP) is 3.08. The predicted molar refractivity (Wildman–Crippen MR) is 71.7 cm³/mol. The van der Waals surface area contributed by atoms with Crippen LogP contribution in [-0.2, 0) is 14.3 Å². The molecule has 0 fully saturated rings. The van der Waals surface area contributed by atoms with Crippen LogP contribution in [0.25, 0.3) is 0 Å². The largest absolute Gasteiger partial charge is 0.500 e. The Morgan fingerprint density at radius 2 is 1.77 bits per heavy atom. The molecule has 7 heteroatoms. The monoisotopic (exact) mass is 316 g/mol. The molecule has 0 aliphatic rings. The summed E-state index contributed by atoms with van der Waals surface area (Å²) in [4.78, 5) is 24.0. The van der Waals surface area contributed by atoms with E-state index < -0.39 is 45.9 Å². The SMILES string of the molecule is CCO/C=C(/C(=O)OCC)C(=O)c1cc(F)c(F)c(C)c1F. The van der Waals surface area contributed by atoms with Crippen LogP contribution in [0, 0.1) is 24.4 Å². The molecule has 0 radical (unpaired) electrons. The Hall–Kier alpha value is -2.31. The van der Waals surface area contributed by atoms with E-state index in [1.54, 1.807) is 6.92 Å². The first-order chi connectivity index (χ1) is 10.3. The maximum Gasteiger partial charge on any atom is 0.345 e. The van der Waals surface area contributed by atoms with Gasteiger partial charge in [-0.2, -0.15) is 0 Å². The number of hydrogen-bond acceptors (Lipinski definition) is 4. The number of halogens is 3. The number of ether oxygens (including phenoxy) is 2. The number of ketones is 1. The Kier molecular flexibility index (Phi) is 6.15. The maximum atomic E-state index is 14.0. The number of benzene rings is 1. The van der Waals surface area contributed by atoms with Crippen molar-refractivity contribution in [3.05, 3.63) is 46.5 Å². The molecule has 22 heavy (non-hydrogen) atoms. The zero-order valence-electron chi connectivity index (χ0n) is 12.3. The molecule has 0 spiro atoms. The quantitative estimate of drug-likeness (QED) is 0.154. The summed E-state index contributed by atoms with van der Waals surface area (Å²) in [6.45, 7) is 4.24. The molecule has 4 nitrogen and oxygen atoms in total. The molecule has 0 saturated carbocycles. The van der Waals surface area contributed by atoms with Gasteiger partial charge in [0, 0.05) is 5.56 Å². The highest BCUT2D eigenvalue weighted by Crippen LogP contribution is 2.22. The fourth-order valence-corrected chi connectivity index (χ4v) is 1.61. The van der Waals surface area contributed by atoms with Gasteiger partial charge in [0.15, 0.2) is 11.6 Å². The highest BCUT2D eigenvalue weighted by atomic mass is 19.2. The number of Topliss-reactive ketones (excluding diaryl/α,β-unsaturated/α-hetero) is 1. The van der Waals surface area contributed by atoms with Crippen molar-refractivity contribution in [3.8, 4) is 0 Å². The van der Waals surface area contributed by atoms with Crippen LogP contribution in [-0.4, -0.2) is 25.0 Å². The second-order valence-electron chi connectivity index (χ2n) is 4.20. The van der Waals surface area contributed by atoms with Gasteiger partial charge < -0.3 is 9.47 Å². The number of carbonyl (C=O) groups excluding carboxylic acids is 2. The molecule has 0 amide bonds. The average Bonchev–Trinajstić information content (AvgIpc) is 2.49. The number of rotatable bonds is 6. The second kappa shape index (κ2) is 7.63. The lowest BCUT2D eigenvalue weighted by Gasteiger charge is -2.09. The van der Waals surface area contributed by atoms with Crippen molar-refractivity contribution in [2.75, 3.05) is 13.2 Å². The molecule has 0 aromatic heterocycles. The van der Waals surface area contributed by atoms with Gasteiger partial charge in [-0.05, 0) is 26.8 Å². The highest BCUT2D eigenvalue weighted by Gasteiger charge is 2.27. The fraction of sp³-hybridized carbons (Fsp3) is 0.333. The molecule has 1 aromatic rings. The molecule has 0 saturated heterocycles. The molecule has 0 atom stereocenters. The summed E-state index contributed by atoms with van der Waals surface area (Å²) >= 11 is 0. The Labute approximate surface area is 125 Å². The van der Waals surface area contributed by atoms with Crippen molar-refractivity contribution in [2.24, 2.45) is 0 Å². The van der Waals surface area contributed by atoms with E-state index in [-0.39, 0.29) is 13.2 Å². The van der Waals surface area contributed by atoms with Crippen LogP contribution in [0.3, 0.4) is 0 Å². The van der Waals surface area contributed by atoms with Crippen LogP contribution in [0.5, 0.6) is 0 Å². The lowest BCUT2D eigenvalue weighted by atomic mass is 10.0. The van der Waals surface area contributed by atoms with Gasteiger partial charge in [0.1, 0.15) is 17.7 Å². The molecule has 0 heterocycles. The molecule has 0 aliphatic heterocycles. The molecule has 1 rings (SSSR count). The van der Waals surface area contributed by atoms with E-state index >= 15 is 0 Å². The highest BCUT2D eigenvalue weighted by molar-refractivity contribution is 6.24. The van der Waals surface area contributed by atoms with Crippen LogP contribution in [0.4, 0.5) is 13.2 Å². The summed E-state index contributed by atoms with van der Waals surface area (Å²) in [5, 5.41) is 0. The zero-order chi connectivity index (χ0) is 16.9. The van der Waals surface area contributed by atoms with E-state index in [4.69, 9.17) is 4.74 Å². The van der Waals surface area contributed by atoms with E-state index in [0.29, 0.717) is 6.07 Å². The Morgan fingerprint density at radius 3 is 2.32 bits per heavy atom. The third-order valence-electron chi connectivity index (χ3n) is 2.73. The first kappa shape index (κ1) is 17.7. The van der Waals surface area contributed by atoms with Crippen molar-refractivity contribution in [3.63, 3.8) is 0 Å². The van der Waals surface area contributed by atoms with Crippen molar-refractivity contribution in [2.45, 2.75) is 20.8 Å². The normalized spacial score (nSPS) is 11.3. The molecular weight excluding hydrogens is 301 g/mol. The van der Waals surface area contributed by atoms with Gasteiger partial charge in [-0.15, -0.1) is 0 Å². The summed E-state index contributed by atoms with van der Waals surface area (Å²) in [7, 11) is 0. The number of carbonyl (C=O) groups is 2. The second-order valence-corrected chi connectivity index (χ2v) is 4.20. The minimum absolute atomic E-state index is 0.0190. The van der Waals surface area contributed by atoms with Crippen molar-refractivity contribution in [1.29, 1.82) is 0 Å². The van der Waals surface area contributed by atoms with Crippen LogP contribution in [0.1, 0.15) is 29.8 Å². The lowest BCUT2D eigenvalue weighted by molar-refractivity contribution is -0.138. The van der Waals surface area contributed by atoms with Crippen LogP contribution >= 0.6 is 0 Å². The Bertz CT molecular complexity index is 624. The third kappa shape index (κ3) is 3.66. The fourth-order valence-electron chi connectivity index (χ4n) is 1.61. The molecule has 0 bridgehead atoms. The first-order valence-electron chi connectivity index (χ1n) is 6.52. The maximum absolute atomic E-state index is 14.0. The first-order valence-corrected chi connectivity index (χ1v) is 6.52. The molecular formula is C15H15F3O4. The number of hydrogen-bond donors (Lipinski definition) is 0. The van der Waals surface area contributed by atoms with Crippen LogP contribution < -0.4 is 0 Å². The summed E-state index contributed by atoms with van der Waals surface area (Å²) in [6.07, 6.45) is 0.816. The van der Waals surface area contributed by atoms with E-state index in [1.165, 1.54) is 6.92 Å². The summed E-state index contributed by atoms with van der Waals surface area (Å²) in [5.74, 6) is -6.20. The smallest absolute Gasteiger partial charge is 0.345 e. The molecule has 0 aliphatic carbocycles. The minimum atomic E-state index is -1.39. The summed E-state index contributed by atoms with van der Waals surface area (Å²) < 4.78 is 50.1. The topological polar surface area (TPSA) is 52.6 Å². The van der Waals surface area contributed by atoms with Crippen LogP contribution in [0.2, 0.25) is 0 Å². The summed E-state index contributed by atoms with van der Waals surface area (Å²) in [5.41, 5.74) is -2.02. The van der Waals surface area contributed by atoms with Gasteiger partial charge in [0.2, 0.25) is 5.78 Å². The van der Waals surface area contributed by atoms with E-state index in [9.17, 15) is 22.8 Å². The van der Waals surface area contributed by atoms with Crippen molar-refractivity contribution < 1.29 is 32.2 Å². The third-order valence-corrected chi connectivity index (χ3v) is 2.73. The van der Waals surface area contributed by atoms with E-state index in [2.05, 4.69) is 4.74 Å². The Balaban J connectivity index is 3.34. The van der Waals surface area contributed by atoms with E-state index in [1.807, 2.05) is 0 Å². The van der Waals surface area contributed by atoms with Crippen molar-refractivity contribution in [1.82, 2.24) is 0 Å². The number of esters is 1. The van der Waals surface area contributed by atoms with Gasteiger partial charge >= 0.3 is 5.97 Å². The summed E-state index contributed by atoms with van der Waals surface area (Å²) in [6, 6.07) is 0.402. The van der Waals surface area contributed by atoms with Crippen molar-refractivity contribution >= 4 is 11.8 Å². The molecule has 1 aromatic carbocycles. The minimum Gasteiger partial charge on any atom is -0.500 e. The van der Waals surface area contributed by atoms with Gasteiger partial charge in [-0.3, -0.25) is 4.79 Å². The van der Waals surface area contributed by atoms with E-state index in [0.717, 1.165) is 13.2 Å². The Morgan fingerprint density at radius 1 is 1.14 bits per heavy atom. The van der Waals surface area contributed by atoms with Crippen LogP contribution in [0.15, 0.2) is 17.9 Å². The molecule has 0 unspecified atom stereocenters. The lowest BCUT2D eigenvalue weighted by Crippen LogP contribution is -2.19. The standard InChI is InChI=1S/C15H15F3O4/c1-4-21-7-10(15(20)22-5-2)14(19)9-6-11(16)13(18)8(3)12(9)17/h6-7H,4-5H2,1-3H3/b10-7+. The zero-order valence-corrected chi connectivity index (χ0v) is 12.3. The van der Waals surface area contributed by atoms with Gasteiger partial charge in [-0.25, -0.2) is 18.0 Å². The molecule has 0 N–H and O–H groups in total.